The number of benzene rings is 1. The molecule has 2 heterocycles. The number of para-hydroxylation sites is 1. The van der Waals surface area contributed by atoms with Crippen LogP contribution >= 0.6 is 11.3 Å². The van der Waals surface area contributed by atoms with Crippen LogP contribution in [0.3, 0.4) is 0 Å². The lowest BCUT2D eigenvalue weighted by molar-refractivity contribution is -0.118. The highest BCUT2D eigenvalue weighted by Crippen LogP contribution is 2.38. The van der Waals surface area contributed by atoms with Gasteiger partial charge in [0.2, 0.25) is 5.96 Å². The third kappa shape index (κ3) is 6.25. The van der Waals surface area contributed by atoms with Crippen LogP contribution in [0, 0.1) is 0 Å². The first-order chi connectivity index (χ1) is 15.8. The van der Waals surface area contributed by atoms with Gasteiger partial charge in [-0.2, -0.15) is 13.2 Å². The van der Waals surface area contributed by atoms with Gasteiger partial charge < -0.3 is 20.7 Å². The molecule has 7 nitrogen and oxygen atoms in total. The zero-order chi connectivity index (χ0) is 23.9. The lowest BCUT2D eigenvalue weighted by Crippen LogP contribution is -2.50. The molecule has 178 valence electrons. The van der Waals surface area contributed by atoms with Gasteiger partial charge in [0.15, 0.2) is 0 Å². The van der Waals surface area contributed by atoms with Gasteiger partial charge in [0.1, 0.15) is 12.3 Å². The number of nitrogens with two attached hydrogens (primary N) is 1. The van der Waals surface area contributed by atoms with E-state index in [0.29, 0.717) is 43.8 Å². The van der Waals surface area contributed by atoms with Gasteiger partial charge in [-0.05, 0) is 36.4 Å². The summed E-state index contributed by atoms with van der Waals surface area (Å²) in [7, 11) is 1.51. The Hall–Kier alpha value is -3.08. The number of likely N-dealkylation sites (tertiary alicyclic amines) is 1. The van der Waals surface area contributed by atoms with Crippen LogP contribution in [0.1, 0.15) is 28.1 Å². The Kier molecular flexibility index (Phi) is 7.96. The second-order valence-electron chi connectivity index (χ2n) is 7.64. The molecule has 3 rings (SSSR count). The number of guanidine groups is 1. The van der Waals surface area contributed by atoms with Crippen molar-refractivity contribution in [2.45, 2.75) is 24.4 Å². The maximum atomic E-state index is 12.9. The van der Waals surface area contributed by atoms with E-state index in [0.717, 1.165) is 11.2 Å². The highest BCUT2D eigenvalue weighted by atomic mass is 32.1. The molecule has 1 amide bonds. The summed E-state index contributed by atoms with van der Waals surface area (Å²) < 4.78 is 43.2. The average Bonchev–Trinajstić information content (AvgIpc) is 3.36. The standard InChI is InChI=1S/C22H26F3N5O2S/c1-32-17-6-3-2-5-16(17)19(31)27-13-21(18-7-4-12-33-18)8-10-30(11-9-21)20(29-15-26)28-14-22(23,24)25/h2-7,12,15H,8-11,13-14H2,1H3,(H,27,31)(H2,26,28,29). The van der Waals surface area contributed by atoms with Crippen LogP contribution in [0.4, 0.5) is 13.2 Å². The second kappa shape index (κ2) is 10.7. The number of ether oxygens (including phenoxy) is 1. The molecule has 3 N–H and O–H groups in total. The summed E-state index contributed by atoms with van der Waals surface area (Å²) in [6, 6.07) is 11.0. The van der Waals surface area contributed by atoms with Crippen molar-refractivity contribution in [3.05, 3.63) is 52.2 Å². The summed E-state index contributed by atoms with van der Waals surface area (Å²) in [4.78, 5) is 23.1. The fourth-order valence-corrected chi connectivity index (χ4v) is 4.84. The van der Waals surface area contributed by atoms with Crippen molar-refractivity contribution in [1.29, 1.82) is 0 Å². The van der Waals surface area contributed by atoms with Gasteiger partial charge in [0, 0.05) is 29.9 Å². The predicted octanol–water partition coefficient (Wildman–Crippen LogP) is 3.43. The van der Waals surface area contributed by atoms with Crippen molar-refractivity contribution in [2.75, 3.05) is 33.3 Å². The van der Waals surface area contributed by atoms with E-state index >= 15 is 0 Å². The van der Waals surface area contributed by atoms with E-state index in [4.69, 9.17) is 10.5 Å². The van der Waals surface area contributed by atoms with Crippen LogP contribution in [0.25, 0.3) is 0 Å². The van der Waals surface area contributed by atoms with Gasteiger partial charge >= 0.3 is 6.18 Å². The fourth-order valence-electron chi connectivity index (χ4n) is 3.85. The molecule has 2 aromatic rings. The first-order valence-corrected chi connectivity index (χ1v) is 11.2. The molecule has 0 bridgehead atoms. The molecule has 11 heteroatoms. The number of hydrogen-bond donors (Lipinski definition) is 2. The number of carbonyl (C=O) groups is 1. The molecular weight excluding hydrogens is 455 g/mol. The number of piperidine rings is 1. The Morgan fingerprint density at radius 1 is 1.27 bits per heavy atom. The summed E-state index contributed by atoms with van der Waals surface area (Å²) in [6.45, 7) is -0.0818. The molecule has 33 heavy (non-hydrogen) atoms. The molecule has 1 saturated heterocycles. The van der Waals surface area contributed by atoms with E-state index in [1.807, 2.05) is 17.5 Å². The Morgan fingerprint density at radius 2 is 2.00 bits per heavy atom. The Labute approximate surface area is 194 Å². The molecule has 0 unspecified atom stereocenters. The first-order valence-electron chi connectivity index (χ1n) is 10.3. The molecule has 1 fully saturated rings. The topological polar surface area (TPSA) is 92.3 Å². The van der Waals surface area contributed by atoms with Gasteiger partial charge in [-0.25, -0.2) is 9.98 Å². The van der Waals surface area contributed by atoms with Crippen molar-refractivity contribution >= 4 is 29.5 Å². The SMILES string of the molecule is COc1ccccc1C(=O)NCC1(c2cccs2)CCN(C(N=CN)=NCC(F)(F)F)CC1. The molecule has 0 aliphatic carbocycles. The van der Waals surface area contributed by atoms with Gasteiger partial charge in [0.05, 0.1) is 19.0 Å². The molecule has 1 aliphatic rings. The monoisotopic (exact) mass is 481 g/mol. The minimum Gasteiger partial charge on any atom is -0.496 e. The average molecular weight is 482 g/mol. The van der Waals surface area contributed by atoms with Gasteiger partial charge in [0.25, 0.3) is 5.91 Å². The van der Waals surface area contributed by atoms with E-state index in [2.05, 4.69) is 15.3 Å². The molecular formula is C22H26F3N5O2S. The molecule has 1 aromatic heterocycles. The fraction of sp³-hybridized carbons (Fsp3) is 0.409. The van der Waals surface area contributed by atoms with Gasteiger partial charge in [-0.15, -0.1) is 11.3 Å². The van der Waals surface area contributed by atoms with Crippen molar-refractivity contribution in [2.24, 2.45) is 15.7 Å². The Morgan fingerprint density at radius 3 is 2.61 bits per heavy atom. The summed E-state index contributed by atoms with van der Waals surface area (Å²) >= 11 is 1.59. The number of nitrogens with one attached hydrogen (secondary N) is 1. The lowest BCUT2D eigenvalue weighted by atomic mass is 9.77. The molecule has 0 spiro atoms. The van der Waals surface area contributed by atoms with Crippen LogP contribution in [-0.2, 0) is 5.41 Å². The van der Waals surface area contributed by atoms with Crippen molar-refractivity contribution < 1.29 is 22.7 Å². The summed E-state index contributed by atoms with van der Waals surface area (Å²) in [5, 5.41) is 5.00. The molecule has 0 atom stereocenters. The number of thiophene rings is 1. The number of hydrogen-bond acceptors (Lipinski definition) is 4. The lowest BCUT2D eigenvalue weighted by Gasteiger charge is -2.42. The van der Waals surface area contributed by atoms with Gasteiger partial charge in [-0.1, -0.05) is 18.2 Å². The molecule has 1 aliphatic heterocycles. The number of aliphatic imine (C=N–C) groups is 2. The van der Waals surface area contributed by atoms with E-state index in [-0.39, 0.29) is 17.3 Å². The van der Waals surface area contributed by atoms with Crippen LogP contribution in [0.15, 0.2) is 51.8 Å². The number of rotatable bonds is 6. The highest BCUT2D eigenvalue weighted by molar-refractivity contribution is 7.10. The van der Waals surface area contributed by atoms with Crippen molar-refractivity contribution in [3.8, 4) is 5.75 Å². The molecule has 1 aromatic carbocycles. The summed E-state index contributed by atoms with van der Waals surface area (Å²) in [5.74, 6) is 0.207. The number of nitrogens with zero attached hydrogens (tertiary/aromatic N) is 3. The zero-order valence-electron chi connectivity index (χ0n) is 18.1. The van der Waals surface area contributed by atoms with Crippen molar-refractivity contribution in [3.63, 3.8) is 0 Å². The third-order valence-electron chi connectivity index (χ3n) is 5.58. The molecule has 0 radical (unpaired) electrons. The number of amides is 1. The summed E-state index contributed by atoms with van der Waals surface area (Å²) in [6.07, 6.45) is -2.27. The van der Waals surface area contributed by atoms with E-state index < -0.39 is 12.7 Å². The highest BCUT2D eigenvalue weighted by Gasteiger charge is 2.38. The Balaban J connectivity index is 1.75. The maximum absolute atomic E-state index is 12.9. The smallest absolute Gasteiger partial charge is 0.408 e. The largest absolute Gasteiger partial charge is 0.496 e. The van der Waals surface area contributed by atoms with Crippen molar-refractivity contribution in [1.82, 2.24) is 10.2 Å². The predicted molar refractivity (Wildman–Crippen MR) is 123 cm³/mol. The Bertz CT molecular complexity index is 984. The normalized spacial score (nSPS) is 16.7. The molecule has 0 saturated carbocycles. The number of alkyl halides is 3. The van der Waals surface area contributed by atoms with Crippen LogP contribution in [0.2, 0.25) is 0 Å². The number of halogens is 3. The second-order valence-corrected chi connectivity index (χ2v) is 8.58. The van der Waals surface area contributed by atoms with Crippen LogP contribution < -0.4 is 15.8 Å². The third-order valence-corrected chi connectivity index (χ3v) is 6.69. The maximum Gasteiger partial charge on any atom is 0.408 e. The van der Waals surface area contributed by atoms with Crippen LogP contribution in [-0.4, -0.2) is 62.6 Å². The quantitative estimate of drug-likeness (QED) is 0.489. The van der Waals surface area contributed by atoms with E-state index in [1.54, 1.807) is 40.5 Å². The van der Waals surface area contributed by atoms with E-state index in [1.165, 1.54) is 7.11 Å². The minimum absolute atomic E-state index is 0.0346. The number of carbonyl (C=O) groups excluding carboxylic acids is 1. The zero-order valence-corrected chi connectivity index (χ0v) is 19.0. The first kappa shape index (κ1) is 24.6. The van der Waals surface area contributed by atoms with Crippen LogP contribution in [0.5, 0.6) is 5.75 Å². The summed E-state index contributed by atoms with van der Waals surface area (Å²) in [5.41, 5.74) is 5.41. The van der Waals surface area contributed by atoms with E-state index in [9.17, 15) is 18.0 Å². The van der Waals surface area contributed by atoms with Gasteiger partial charge in [-0.3, -0.25) is 4.79 Å². The number of methoxy groups -OCH3 is 1. The minimum atomic E-state index is -4.42.